The van der Waals surface area contributed by atoms with Gasteiger partial charge < -0.3 is 5.11 Å². The lowest BCUT2D eigenvalue weighted by Gasteiger charge is -2.10. The van der Waals surface area contributed by atoms with Crippen molar-refractivity contribution in [3.05, 3.63) is 28.7 Å². The predicted molar refractivity (Wildman–Crippen MR) is 67.8 cm³/mol. The van der Waals surface area contributed by atoms with E-state index >= 15 is 0 Å². The minimum Gasteiger partial charge on any atom is -0.481 e. The molecule has 2 aromatic rings. The van der Waals surface area contributed by atoms with Gasteiger partial charge in [0.05, 0.1) is 6.20 Å². The zero-order valence-corrected chi connectivity index (χ0v) is 10.9. The number of carboxylic acids is 1. The van der Waals surface area contributed by atoms with E-state index in [1.165, 1.54) is 0 Å². The van der Waals surface area contributed by atoms with Crippen LogP contribution in [0.15, 0.2) is 6.20 Å². The van der Waals surface area contributed by atoms with Crippen LogP contribution >= 0.6 is 0 Å². The maximum absolute atomic E-state index is 10.7. The van der Waals surface area contributed by atoms with Gasteiger partial charge in [0.1, 0.15) is 0 Å². The summed E-state index contributed by atoms with van der Waals surface area (Å²) in [4.78, 5) is 15.2. The summed E-state index contributed by atoms with van der Waals surface area (Å²) < 4.78 is 1.81. The molecule has 1 N–H and O–H groups in total. The predicted octanol–water partition coefficient (Wildman–Crippen LogP) is 1.93. The molecule has 2 rings (SSSR count). The van der Waals surface area contributed by atoms with E-state index in [0.29, 0.717) is 6.42 Å². The number of aryl methyl sites for hydroxylation is 3. The van der Waals surface area contributed by atoms with Gasteiger partial charge in [-0.1, -0.05) is 6.92 Å². The molecular weight excluding hydrogens is 230 g/mol. The Balaban J connectivity index is 2.52. The Morgan fingerprint density at radius 3 is 2.78 bits per heavy atom. The molecule has 0 aliphatic rings. The highest BCUT2D eigenvalue weighted by molar-refractivity contribution is 5.67. The van der Waals surface area contributed by atoms with Crippen molar-refractivity contribution >= 4 is 11.6 Å². The van der Waals surface area contributed by atoms with Crippen LogP contribution in [-0.4, -0.2) is 25.7 Å². The van der Waals surface area contributed by atoms with Crippen LogP contribution in [0.25, 0.3) is 5.65 Å². The van der Waals surface area contributed by atoms with Gasteiger partial charge in [-0.2, -0.15) is 5.10 Å². The van der Waals surface area contributed by atoms with Crippen LogP contribution in [-0.2, 0) is 17.6 Å². The summed E-state index contributed by atoms with van der Waals surface area (Å²) in [6.45, 7) is 5.96. The van der Waals surface area contributed by atoms with E-state index in [4.69, 9.17) is 5.11 Å². The van der Waals surface area contributed by atoms with Gasteiger partial charge >= 0.3 is 5.97 Å². The molecule has 0 amide bonds. The third-order valence-electron chi connectivity index (χ3n) is 3.25. The molecule has 18 heavy (non-hydrogen) atoms. The van der Waals surface area contributed by atoms with Crippen LogP contribution in [0.2, 0.25) is 0 Å². The minimum absolute atomic E-state index is 0.122. The highest BCUT2D eigenvalue weighted by Gasteiger charge is 2.13. The highest BCUT2D eigenvalue weighted by Crippen LogP contribution is 2.18. The monoisotopic (exact) mass is 247 g/mol. The van der Waals surface area contributed by atoms with Crippen LogP contribution < -0.4 is 0 Å². The van der Waals surface area contributed by atoms with E-state index in [9.17, 15) is 4.79 Å². The van der Waals surface area contributed by atoms with Crippen molar-refractivity contribution in [2.45, 2.75) is 40.0 Å². The standard InChI is InChI=1S/C13H17N3O2/c1-4-10-7-14-16-9(3)11(5-6-12(17)18)8(2)15-13(10)16/h7H,4-6H2,1-3H3,(H,17,18). The van der Waals surface area contributed by atoms with Crippen molar-refractivity contribution in [1.29, 1.82) is 0 Å². The first-order chi connectivity index (χ1) is 8.54. The van der Waals surface area contributed by atoms with E-state index in [1.54, 1.807) is 0 Å². The number of rotatable bonds is 4. The first kappa shape index (κ1) is 12.5. The summed E-state index contributed by atoms with van der Waals surface area (Å²) in [6.07, 6.45) is 3.34. The Bertz CT molecular complexity index is 602. The van der Waals surface area contributed by atoms with Gasteiger partial charge in [0.2, 0.25) is 0 Å². The number of fused-ring (bicyclic) bond motifs is 1. The molecule has 96 valence electrons. The van der Waals surface area contributed by atoms with E-state index in [1.807, 2.05) is 24.6 Å². The second-order valence-corrected chi connectivity index (χ2v) is 4.41. The van der Waals surface area contributed by atoms with Crippen molar-refractivity contribution in [1.82, 2.24) is 14.6 Å². The minimum atomic E-state index is -0.788. The zero-order valence-electron chi connectivity index (χ0n) is 10.9. The highest BCUT2D eigenvalue weighted by atomic mass is 16.4. The van der Waals surface area contributed by atoms with Crippen molar-refractivity contribution in [3.63, 3.8) is 0 Å². The summed E-state index contributed by atoms with van der Waals surface area (Å²) in [5.41, 5.74) is 4.86. The van der Waals surface area contributed by atoms with E-state index in [2.05, 4.69) is 17.0 Å². The molecular formula is C13H17N3O2. The lowest BCUT2D eigenvalue weighted by atomic mass is 10.1. The van der Waals surface area contributed by atoms with Gasteiger partial charge in [-0.25, -0.2) is 9.50 Å². The van der Waals surface area contributed by atoms with Crippen LogP contribution in [0.3, 0.4) is 0 Å². The van der Waals surface area contributed by atoms with Crippen molar-refractivity contribution in [2.75, 3.05) is 0 Å². The number of carboxylic acid groups (broad SMARTS) is 1. The second kappa shape index (κ2) is 4.76. The molecule has 0 fully saturated rings. The number of aromatic nitrogens is 3. The molecule has 0 saturated carbocycles. The first-order valence-electron chi connectivity index (χ1n) is 6.09. The van der Waals surface area contributed by atoms with Gasteiger partial charge in [0.25, 0.3) is 0 Å². The van der Waals surface area contributed by atoms with E-state index in [0.717, 1.165) is 34.6 Å². The average Bonchev–Trinajstić information content (AvgIpc) is 2.71. The maximum atomic E-state index is 10.7. The molecule has 0 radical (unpaired) electrons. The molecule has 5 nitrogen and oxygen atoms in total. The van der Waals surface area contributed by atoms with Crippen molar-refractivity contribution in [2.24, 2.45) is 0 Å². The van der Waals surface area contributed by atoms with E-state index in [-0.39, 0.29) is 6.42 Å². The van der Waals surface area contributed by atoms with Gasteiger partial charge in [-0.05, 0) is 32.3 Å². The van der Waals surface area contributed by atoms with Crippen LogP contribution in [0.1, 0.15) is 35.9 Å². The van der Waals surface area contributed by atoms with Gasteiger partial charge in [-0.15, -0.1) is 0 Å². The lowest BCUT2D eigenvalue weighted by Crippen LogP contribution is -2.08. The zero-order chi connectivity index (χ0) is 13.3. The Labute approximate surface area is 105 Å². The topological polar surface area (TPSA) is 67.5 Å². The van der Waals surface area contributed by atoms with Crippen LogP contribution in [0.5, 0.6) is 0 Å². The second-order valence-electron chi connectivity index (χ2n) is 4.41. The molecule has 0 spiro atoms. The van der Waals surface area contributed by atoms with Gasteiger partial charge in [0.15, 0.2) is 5.65 Å². The lowest BCUT2D eigenvalue weighted by molar-refractivity contribution is -0.136. The fraction of sp³-hybridized carbons (Fsp3) is 0.462. The maximum Gasteiger partial charge on any atom is 0.303 e. The van der Waals surface area contributed by atoms with E-state index < -0.39 is 5.97 Å². The Morgan fingerprint density at radius 1 is 1.44 bits per heavy atom. The molecule has 0 unspecified atom stereocenters. The van der Waals surface area contributed by atoms with Gasteiger partial charge in [-0.3, -0.25) is 4.79 Å². The first-order valence-corrected chi connectivity index (χ1v) is 6.09. The molecule has 5 heteroatoms. The number of hydrogen-bond donors (Lipinski definition) is 1. The van der Waals surface area contributed by atoms with Crippen LogP contribution in [0, 0.1) is 13.8 Å². The molecule has 0 saturated heterocycles. The molecule has 0 aromatic carbocycles. The summed E-state index contributed by atoms with van der Waals surface area (Å²) in [5.74, 6) is -0.788. The molecule has 0 aliphatic carbocycles. The summed E-state index contributed by atoms with van der Waals surface area (Å²) in [5, 5.41) is 13.1. The fourth-order valence-corrected chi connectivity index (χ4v) is 2.20. The Morgan fingerprint density at radius 2 is 2.17 bits per heavy atom. The normalized spacial score (nSPS) is 11.1. The molecule has 0 aliphatic heterocycles. The van der Waals surface area contributed by atoms with Crippen LogP contribution in [0.4, 0.5) is 0 Å². The molecule has 2 heterocycles. The van der Waals surface area contributed by atoms with Crippen molar-refractivity contribution in [3.8, 4) is 0 Å². The number of hydrogen-bond acceptors (Lipinski definition) is 3. The smallest absolute Gasteiger partial charge is 0.303 e. The van der Waals surface area contributed by atoms with Gasteiger partial charge in [0, 0.05) is 23.4 Å². The Hall–Kier alpha value is -1.91. The number of carbonyl (C=O) groups is 1. The summed E-state index contributed by atoms with van der Waals surface area (Å²) >= 11 is 0. The van der Waals surface area contributed by atoms with Crippen molar-refractivity contribution < 1.29 is 9.90 Å². The summed E-state index contributed by atoms with van der Waals surface area (Å²) in [7, 11) is 0. The number of nitrogens with zero attached hydrogens (tertiary/aromatic N) is 3. The third-order valence-corrected chi connectivity index (χ3v) is 3.25. The fourth-order valence-electron chi connectivity index (χ4n) is 2.20. The average molecular weight is 247 g/mol. The quantitative estimate of drug-likeness (QED) is 0.896. The molecule has 0 atom stereocenters. The molecule has 2 aromatic heterocycles. The molecule has 0 bridgehead atoms. The Kier molecular flexibility index (Phi) is 3.32. The summed E-state index contributed by atoms with van der Waals surface area (Å²) in [6, 6.07) is 0. The SMILES string of the molecule is CCc1cnn2c(C)c(CCC(=O)O)c(C)nc12. The number of aliphatic carboxylic acids is 1. The third kappa shape index (κ3) is 2.08. The largest absolute Gasteiger partial charge is 0.481 e.